The standard InChI is InChI=1S/C62H43N3.C57H40N4/c1-5-17-49(18-6-1)63(50-19-7-2-8-20-50)54-35-30-46(31-36-54)56-40-42-60-62-58(56)39-38-57-47(32-41-59(61(57)62)65(60)52-23-11-4-12-24-52)28-25-44-26-33-53(34-27-44)64(51-21-9-3-10-22-51)55-37-29-45-15-13-14-16-48(45)43-55;1-6-16-47(17-7-1)59(48-18-8-2-9-19-48)35-34-41-26-33-53(58-40-41)46-37-44-28-27-43-36-45(38-54-56(43)57(44)55(39-46)61(54)51-24-14-5-15-25-51)42-29-31-52(32-30-42)60(49-20-10-3-11-21-49)50-22-12-4-13-23-50/h1-43H;1-40H/b28-25+;35-34+. The fraction of sp³-hybridized carbons (Fsp3) is 0. The Morgan fingerprint density at radius 3 is 1.10 bits per heavy atom. The SMILES string of the molecule is C(=C\N(c1ccccc1)c1ccccc1)/c1ccc(-c2cc3ccc4cc(-c5ccc(N(c6ccccc6)c6ccccc6)cc5)cc5c4c3c(c2)n5-c2ccccc2)nc1.C(=C\c1ccc2c3c1ccc1c(-c4ccc(N(c5ccccc5)c5ccccc5)cc4)ccc(c13)n2-c1ccccc1)/c1ccc(N(c2ccccc2)c2ccc3ccccc3c2)cc1. The largest absolute Gasteiger partial charge is 0.317 e. The monoisotopic (exact) mass is 1610 g/mol. The van der Waals surface area contributed by atoms with Crippen molar-refractivity contribution in [3.63, 3.8) is 0 Å². The minimum Gasteiger partial charge on any atom is -0.317 e. The van der Waals surface area contributed by atoms with Gasteiger partial charge in [0.05, 0.1) is 27.8 Å². The summed E-state index contributed by atoms with van der Waals surface area (Å²) in [4.78, 5) is 14.2. The van der Waals surface area contributed by atoms with Crippen LogP contribution in [0.5, 0.6) is 0 Å². The molecule has 0 bridgehead atoms. The van der Waals surface area contributed by atoms with Crippen LogP contribution in [0.25, 0.3) is 139 Å². The first-order valence-electron chi connectivity index (χ1n) is 43.0. The molecule has 0 saturated carbocycles. The zero-order valence-electron chi connectivity index (χ0n) is 69.1. The molecule has 3 aromatic heterocycles. The molecule has 0 aliphatic rings. The molecule has 0 aliphatic carbocycles. The molecule has 23 rings (SSSR count). The predicted molar refractivity (Wildman–Crippen MR) is 534 cm³/mol. The van der Waals surface area contributed by atoms with E-state index in [1.54, 1.807) is 0 Å². The molecule has 20 aromatic carbocycles. The highest BCUT2D eigenvalue weighted by Gasteiger charge is 2.25. The zero-order valence-corrected chi connectivity index (χ0v) is 69.1. The summed E-state index contributed by atoms with van der Waals surface area (Å²) in [5, 5.41) is 12.5. The van der Waals surface area contributed by atoms with E-state index in [1.807, 2.05) is 18.3 Å². The summed E-state index contributed by atoms with van der Waals surface area (Å²) in [5.41, 5.74) is 29.5. The van der Waals surface area contributed by atoms with E-state index in [0.29, 0.717) is 0 Å². The first-order valence-corrected chi connectivity index (χ1v) is 43.0. The van der Waals surface area contributed by atoms with Gasteiger partial charge in [-0.25, -0.2) is 0 Å². The van der Waals surface area contributed by atoms with Crippen molar-refractivity contribution in [2.45, 2.75) is 0 Å². The van der Waals surface area contributed by atoms with E-state index in [-0.39, 0.29) is 0 Å². The molecule has 7 heteroatoms. The molecule has 594 valence electrons. The minimum atomic E-state index is 0.933. The fourth-order valence-corrected chi connectivity index (χ4v) is 18.4. The van der Waals surface area contributed by atoms with Crippen LogP contribution in [0.3, 0.4) is 0 Å². The van der Waals surface area contributed by atoms with E-state index in [4.69, 9.17) is 4.98 Å². The molecular weight excluding hydrogens is 1530 g/mol. The summed E-state index contributed by atoms with van der Waals surface area (Å²) in [7, 11) is 0. The number of aromatic nitrogens is 3. The molecule has 0 radical (unpaired) electrons. The number of hydrogen-bond donors (Lipinski definition) is 0. The van der Waals surface area contributed by atoms with E-state index >= 15 is 0 Å². The van der Waals surface area contributed by atoms with Crippen molar-refractivity contribution in [3.05, 3.63) is 502 Å². The van der Waals surface area contributed by atoms with Gasteiger partial charge >= 0.3 is 0 Å². The van der Waals surface area contributed by atoms with Crippen molar-refractivity contribution in [1.29, 1.82) is 0 Å². The van der Waals surface area contributed by atoms with Gasteiger partial charge < -0.3 is 28.7 Å². The van der Waals surface area contributed by atoms with Gasteiger partial charge in [-0.1, -0.05) is 285 Å². The maximum atomic E-state index is 5.03. The smallest absolute Gasteiger partial charge is 0.0703 e. The van der Waals surface area contributed by atoms with E-state index in [9.17, 15) is 0 Å². The molecular formula is C119H83N7. The molecule has 0 atom stereocenters. The van der Waals surface area contributed by atoms with Crippen molar-refractivity contribution in [2.75, 3.05) is 19.6 Å². The van der Waals surface area contributed by atoms with Gasteiger partial charge in [0.2, 0.25) is 0 Å². The molecule has 23 aromatic rings. The molecule has 7 nitrogen and oxygen atoms in total. The minimum absolute atomic E-state index is 0.933. The van der Waals surface area contributed by atoms with Gasteiger partial charge in [0, 0.05) is 113 Å². The third kappa shape index (κ3) is 14.4. The van der Waals surface area contributed by atoms with Gasteiger partial charge in [0.25, 0.3) is 0 Å². The summed E-state index contributed by atoms with van der Waals surface area (Å²) in [6, 6.07) is 169. The number of hydrogen-bond acceptors (Lipinski definition) is 5. The first-order chi connectivity index (χ1) is 62.5. The maximum Gasteiger partial charge on any atom is 0.0703 e. The van der Waals surface area contributed by atoms with Crippen molar-refractivity contribution < 1.29 is 0 Å². The number of rotatable bonds is 20. The third-order valence-corrected chi connectivity index (χ3v) is 24.3. The van der Waals surface area contributed by atoms with Crippen LogP contribution in [-0.4, -0.2) is 14.1 Å². The molecule has 0 amide bonds. The molecule has 0 aliphatic heterocycles. The lowest BCUT2D eigenvalue weighted by molar-refractivity contribution is 1.18. The van der Waals surface area contributed by atoms with Crippen LogP contribution in [0, 0.1) is 0 Å². The molecule has 3 heterocycles. The summed E-state index contributed by atoms with van der Waals surface area (Å²) in [6.07, 6.45) is 10.7. The average molecular weight is 1610 g/mol. The molecule has 0 saturated heterocycles. The quantitative estimate of drug-likeness (QED) is 0.0561. The van der Waals surface area contributed by atoms with Crippen molar-refractivity contribution in [2.24, 2.45) is 0 Å². The topological polar surface area (TPSA) is 35.7 Å². The lowest BCUT2D eigenvalue weighted by Gasteiger charge is -2.26. The second-order valence-electron chi connectivity index (χ2n) is 31.9. The Kier molecular flexibility index (Phi) is 19.9. The Morgan fingerprint density at radius 1 is 0.214 bits per heavy atom. The number of para-hydroxylation sites is 9. The van der Waals surface area contributed by atoms with Crippen molar-refractivity contribution >= 4 is 157 Å². The number of anilines is 11. The van der Waals surface area contributed by atoms with Gasteiger partial charge in [-0.15, -0.1) is 0 Å². The first kappa shape index (κ1) is 75.3. The van der Waals surface area contributed by atoms with E-state index in [1.165, 1.54) is 104 Å². The van der Waals surface area contributed by atoms with Crippen LogP contribution < -0.4 is 19.6 Å². The molecule has 0 unspecified atom stereocenters. The van der Waals surface area contributed by atoms with Gasteiger partial charge in [-0.05, 0) is 278 Å². The summed E-state index contributed by atoms with van der Waals surface area (Å²) in [5.74, 6) is 0. The number of benzene rings is 20. The van der Waals surface area contributed by atoms with Gasteiger partial charge in [0.1, 0.15) is 0 Å². The normalized spacial score (nSPS) is 11.6. The highest BCUT2D eigenvalue weighted by Crippen LogP contribution is 2.48. The van der Waals surface area contributed by atoms with Crippen LogP contribution in [0.2, 0.25) is 0 Å². The predicted octanol–water partition coefficient (Wildman–Crippen LogP) is 32.7. The second kappa shape index (κ2) is 33.3. The van der Waals surface area contributed by atoms with Crippen LogP contribution in [0.1, 0.15) is 16.7 Å². The van der Waals surface area contributed by atoms with Crippen molar-refractivity contribution in [1.82, 2.24) is 14.1 Å². The van der Waals surface area contributed by atoms with Gasteiger partial charge in [-0.3, -0.25) is 4.98 Å². The Labute approximate surface area is 732 Å². The fourth-order valence-electron chi connectivity index (χ4n) is 18.4. The van der Waals surface area contributed by atoms with Crippen molar-refractivity contribution in [3.8, 4) is 44.9 Å². The van der Waals surface area contributed by atoms with E-state index < -0.39 is 0 Å². The van der Waals surface area contributed by atoms with Crippen LogP contribution >= 0.6 is 0 Å². The van der Waals surface area contributed by atoms with Crippen LogP contribution in [0.15, 0.2) is 486 Å². The third-order valence-electron chi connectivity index (χ3n) is 24.3. The zero-order chi connectivity index (χ0) is 83.6. The Bertz CT molecular complexity index is 7690. The van der Waals surface area contributed by atoms with E-state index in [2.05, 4.69) is 514 Å². The Balaban J connectivity index is 0.000000149. The molecule has 0 spiro atoms. The second-order valence-corrected chi connectivity index (χ2v) is 31.9. The lowest BCUT2D eigenvalue weighted by Crippen LogP contribution is -2.09. The van der Waals surface area contributed by atoms with Gasteiger partial charge in [-0.2, -0.15) is 0 Å². The number of fused-ring (bicyclic) bond motifs is 1. The summed E-state index contributed by atoms with van der Waals surface area (Å²) < 4.78 is 4.85. The number of nitrogens with zero attached hydrogens (tertiary/aromatic N) is 7. The average Bonchev–Trinajstić information content (AvgIpc) is 1.56. The maximum absolute atomic E-state index is 5.03. The lowest BCUT2D eigenvalue weighted by atomic mass is 9.93. The van der Waals surface area contributed by atoms with Crippen LogP contribution in [0.4, 0.5) is 62.6 Å². The van der Waals surface area contributed by atoms with Gasteiger partial charge in [0.15, 0.2) is 0 Å². The number of pyridine rings is 1. The highest BCUT2D eigenvalue weighted by atomic mass is 15.2. The van der Waals surface area contributed by atoms with E-state index in [0.717, 1.165) is 96.3 Å². The Hall–Kier alpha value is -16.9. The van der Waals surface area contributed by atoms with Crippen LogP contribution in [-0.2, 0) is 0 Å². The molecule has 0 N–H and O–H groups in total. The molecule has 126 heavy (non-hydrogen) atoms. The highest BCUT2D eigenvalue weighted by molar-refractivity contribution is 6.28. The Morgan fingerprint density at radius 2 is 0.595 bits per heavy atom. The summed E-state index contributed by atoms with van der Waals surface area (Å²) >= 11 is 0. The summed E-state index contributed by atoms with van der Waals surface area (Å²) in [6.45, 7) is 0. The molecule has 0 fully saturated rings.